The van der Waals surface area contributed by atoms with E-state index in [1.165, 1.54) is 6.92 Å². The average molecular weight is 934 g/mol. The molecule has 3 aromatic heterocycles. The number of nitrogens with zero attached hydrogens (tertiary/aromatic N) is 7. The van der Waals surface area contributed by atoms with Gasteiger partial charge in [-0.15, -0.1) is 0 Å². The van der Waals surface area contributed by atoms with E-state index in [0.717, 1.165) is 62.4 Å². The SMILES string of the molecule is CC(=O)c1c(C)c2cnc(Nc3ccc(N4CCN(CC(=O)CCCOCCOCCOCCCc5cccc6c5C(=O)N(C5CCC(=O)NC5=O)C6=O)CC4)cn3)nc2n(C2CCCC2)c1=O. The van der Waals surface area contributed by atoms with Crippen molar-refractivity contribution in [3.05, 3.63) is 80.9 Å². The molecule has 4 aliphatic rings. The molecule has 4 aromatic rings. The van der Waals surface area contributed by atoms with E-state index >= 15 is 0 Å². The van der Waals surface area contributed by atoms with Crippen LogP contribution in [-0.4, -0.2) is 143 Å². The van der Waals surface area contributed by atoms with Crippen LogP contribution in [0.25, 0.3) is 11.0 Å². The smallest absolute Gasteiger partial charge is 0.263 e. The first kappa shape index (κ1) is 48.2. The molecule has 8 rings (SSSR count). The zero-order valence-electron chi connectivity index (χ0n) is 38.8. The Kier molecular flexibility index (Phi) is 15.7. The molecular weight excluding hydrogens is 875 g/mol. The standard InChI is InChI=1S/C49H59N9O10/c1-31-38-29-51-49(54-44(38)57(34-10-3-4-11-34)47(64)42(31)32(2)59)52-40-16-14-35(28-50-40)56-20-18-55(19-21-56)30-36(60)12-7-23-67-25-27-68-26-24-66-22-6-9-33-8-5-13-37-43(33)48(65)58(46(37)63)39-15-17-41(61)53-45(39)62/h5,8,13-14,16,28-29,34,39H,3-4,6-7,9-12,15,17-27,30H2,1-2H3,(H,53,61,62)(H,50,51,52,54). The minimum atomic E-state index is -0.998. The number of aromatic nitrogens is 4. The maximum Gasteiger partial charge on any atom is 0.263 e. The number of hydrogen-bond acceptors (Lipinski definition) is 16. The predicted octanol–water partition coefficient (Wildman–Crippen LogP) is 4.11. The van der Waals surface area contributed by atoms with E-state index in [9.17, 15) is 33.6 Å². The summed E-state index contributed by atoms with van der Waals surface area (Å²) in [5, 5.41) is 6.09. The van der Waals surface area contributed by atoms with Gasteiger partial charge in [-0.2, -0.15) is 4.98 Å². The van der Waals surface area contributed by atoms with Gasteiger partial charge in [-0.25, -0.2) is 9.97 Å². The van der Waals surface area contributed by atoms with Gasteiger partial charge < -0.3 is 24.4 Å². The molecule has 360 valence electrons. The third kappa shape index (κ3) is 11.0. The lowest BCUT2D eigenvalue weighted by Gasteiger charge is -2.35. The molecule has 1 aliphatic carbocycles. The summed E-state index contributed by atoms with van der Waals surface area (Å²) in [6.45, 7) is 9.14. The van der Waals surface area contributed by atoms with Gasteiger partial charge in [-0.05, 0) is 81.7 Å². The fraction of sp³-hybridized carbons (Fsp3) is 0.510. The number of piperidine rings is 1. The Bertz CT molecular complexity index is 2600. The number of carbonyl (C=O) groups excluding carboxylic acids is 6. The molecule has 0 bridgehead atoms. The molecular formula is C49H59N9O10. The number of benzene rings is 1. The van der Waals surface area contributed by atoms with Gasteiger partial charge in [0.25, 0.3) is 17.4 Å². The van der Waals surface area contributed by atoms with Crippen molar-refractivity contribution in [3.63, 3.8) is 0 Å². The van der Waals surface area contributed by atoms with Crippen LogP contribution in [0.1, 0.15) is 113 Å². The van der Waals surface area contributed by atoms with Crippen molar-refractivity contribution in [1.29, 1.82) is 0 Å². The highest BCUT2D eigenvalue weighted by Crippen LogP contribution is 2.33. The van der Waals surface area contributed by atoms with Crippen molar-refractivity contribution < 1.29 is 43.0 Å². The largest absolute Gasteiger partial charge is 0.379 e. The van der Waals surface area contributed by atoms with Gasteiger partial charge in [-0.3, -0.25) is 53.2 Å². The van der Waals surface area contributed by atoms with Gasteiger partial charge in [0.1, 0.15) is 23.3 Å². The van der Waals surface area contributed by atoms with Gasteiger partial charge in [0, 0.05) is 69.9 Å². The van der Waals surface area contributed by atoms with Crippen LogP contribution in [0.4, 0.5) is 17.5 Å². The lowest BCUT2D eigenvalue weighted by molar-refractivity contribution is -0.136. The van der Waals surface area contributed by atoms with Gasteiger partial charge in [-0.1, -0.05) is 25.0 Å². The van der Waals surface area contributed by atoms with Crippen molar-refractivity contribution in [2.75, 3.05) is 82.6 Å². The molecule has 1 aromatic carbocycles. The van der Waals surface area contributed by atoms with E-state index in [2.05, 4.69) is 30.4 Å². The first-order valence-electron chi connectivity index (χ1n) is 23.7. The molecule has 1 unspecified atom stereocenters. The minimum absolute atomic E-state index is 0.00601. The molecule has 1 saturated carbocycles. The number of ketones is 2. The van der Waals surface area contributed by atoms with Gasteiger partial charge in [0.15, 0.2) is 5.78 Å². The number of imide groups is 2. The fourth-order valence-corrected chi connectivity index (χ4v) is 9.63. The third-order valence-electron chi connectivity index (χ3n) is 13.2. The van der Waals surface area contributed by atoms with E-state index in [0.29, 0.717) is 111 Å². The molecule has 3 fully saturated rings. The number of carbonyl (C=O) groups is 6. The predicted molar refractivity (Wildman–Crippen MR) is 250 cm³/mol. The number of amides is 4. The highest BCUT2D eigenvalue weighted by molar-refractivity contribution is 6.24. The molecule has 4 amide bonds. The molecule has 6 heterocycles. The maximum absolute atomic E-state index is 13.6. The van der Waals surface area contributed by atoms with E-state index < -0.39 is 29.7 Å². The zero-order valence-corrected chi connectivity index (χ0v) is 38.8. The highest BCUT2D eigenvalue weighted by Gasteiger charge is 2.45. The third-order valence-corrected chi connectivity index (χ3v) is 13.2. The molecule has 1 atom stereocenters. The number of hydrogen-bond donors (Lipinski definition) is 2. The molecule has 19 heteroatoms. The number of anilines is 3. The summed E-state index contributed by atoms with van der Waals surface area (Å²) in [7, 11) is 0. The second-order valence-corrected chi connectivity index (χ2v) is 17.8. The van der Waals surface area contributed by atoms with Crippen molar-refractivity contribution in [3.8, 4) is 0 Å². The molecule has 0 radical (unpaired) electrons. The van der Waals surface area contributed by atoms with Gasteiger partial charge in [0.2, 0.25) is 17.8 Å². The van der Waals surface area contributed by atoms with E-state index in [1.54, 1.807) is 42.1 Å². The Morgan fingerprint density at radius 1 is 0.824 bits per heavy atom. The number of nitrogens with one attached hydrogen (secondary N) is 2. The molecule has 0 spiro atoms. The summed E-state index contributed by atoms with van der Waals surface area (Å²) in [5.74, 6) is -1.26. The lowest BCUT2D eigenvalue weighted by Crippen LogP contribution is -2.54. The van der Waals surface area contributed by atoms with Crippen LogP contribution in [0.3, 0.4) is 0 Å². The summed E-state index contributed by atoms with van der Waals surface area (Å²) in [6.07, 6.45) is 9.67. The van der Waals surface area contributed by atoms with Crippen molar-refractivity contribution in [2.24, 2.45) is 0 Å². The summed E-state index contributed by atoms with van der Waals surface area (Å²) < 4.78 is 18.7. The molecule has 19 nitrogen and oxygen atoms in total. The molecule has 3 aliphatic heterocycles. The number of fused-ring (bicyclic) bond motifs is 2. The number of ether oxygens (including phenoxy) is 3. The minimum Gasteiger partial charge on any atom is -0.379 e. The van der Waals surface area contributed by atoms with Crippen LogP contribution >= 0.6 is 0 Å². The Labute approximate surface area is 393 Å². The lowest BCUT2D eigenvalue weighted by atomic mass is 9.99. The van der Waals surface area contributed by atoms with Crippen LogP contribution in [-0.2, 0) is 35.0 Å². The number of pyridine rings is 2. The van der Waals surface area contributed by atoms with Gasteiger partial charge in [0.05, 0.1) is 61.5 Å². The van der Waals surface area contributed by atoms with Crippen LogP contribution in [0, 0.1) is 6.92 Å². The van der Waals surface area contributed by atoms with Gasteiger partial charge >= 0.3 is 0 Å². The Hall–Kier alpha value is -6.28. The number of aryl methyl sites for hydroxylation is 2. The van der Waals surface area contributed by atoms with Crippen molar-refractivity contribution in [2.45, 2.75) is 90.1 Å². The second kappa shape index (κ2) is 22.2. The summed E-state index contributed by atoms with van der Waals surface area (Å²) >= 11 is 0. The van der Waals surface area contributed by atoms with Crippen molar-refractivity contribution >= 4 is 63.7 Å². The van der Waals surface area contributed by atoms with Crippen LogP contribution < -0.4 is 21.1 Å². The molecule has 68 heavy (non-hydrogen) atoms. The Morgan fingerprint density at radius 3 is 2.24 bits per heavy atom. The topological polar surface area (TPSA) is 225 Å². The summed E-state index contributed by atoms with van der Waals surface area (Å²) in [6, 6.07) is 7.98. The monoisotopic (exact) mass is 933 g/mol. The quantitative estimate of drug-likeness (QED) is 0.0643. The summed E-state index contributed by atoms with van der Waals surface area (Å²) in [4.78, 5) is 108. The average Bonchev–Trinajstić information content (AvgIpc) is 3.94. The van der Waals surface area contributed by atoms with Crippen LogP contribution in [0.2, 0.25) is 0 Å². The number of piperazine rings is 1. The normalized spacial score (nSPS) is 17.9. The fourth-order valence-electron chi connectivity index (χ4n) is 9.63. The molecule has 2 N–H and O–H groups in total. The maximum atomic E-state index is 13.6. The summed E-state index contributed by atoms with van der Waals surface area (Å²) in [5.41, 5.74) is 3.31. The van der Waals surface area contributed by atoms with E-state index in [4.69, 9.17) is 19.2 Å². The van der Waals surface area contributed by atoms with Crippen LogP contribution in [0.15, 0.2) is 47.5 Å². The van der Waals surface area contributed by atoms with Crippen LogP contribution in [0.5, 0.6) is 0 Å². The Balaban J connectivity index is 0.668. The molecule has 2 saturated heterocycles. The first-order valence-corrected chi connectivity index (χ1v) is 23.7. The number of rotatable bonds is 22. The Morgan fingerprint density at radius 2 is 1.54 bits per heavy atom. The highest BCUT2D eigenvalue weighted by atomic mass is 16.5. The van der Waals surface area contributed by atoms with E-state index in [1.807, 2.05) is 12.1 Å². The second-order valence-electron chi connectivity index (χ2n) is 17.8. The first-order chi connectivity index (χ1) is 33.0. The van der Waals surface area contributed by atoms with Crippen molar-refractivity contribution in [1.82, 2.24) is 34.6 Å². The van der Waals surface area contributed by atoms with E-state index in [-0.39, 0.29) is 47.1 Å². The number of Topliss-reactive ketones (excluding diaryl/α,β-unsaturated/α-hetero) is 2. The zero-order chi connectivity index (χ0) is 47.7.